The van der Waals surface area contributed by atoms with Crippen molar-refractivity contribution in [3.05, 3.63) is 53.3 Å². The molecule has 4 rings (SSSR count). The van der Waals surface area contributed by atoms with Crippen molar-refractivity contribution in [1.82, 2.24) is 19.1 Å². The van der Waals surface area contributed by atoms with Gasteiger partial charge < -0.3 is 13.6 Å². The highest BCUT2D eigenvalue weighted by atomic mass is 32.2. The summed E-state index contributed by atoms with van der Waals surface area (Å²) in [6.07, 6.45) is 1.59. The highest BCUT2D eigenvalue weighted by Gasteiger charge is 2.24. The first-order chi connectivity index (χ1) is 16.0. The smallest absolute Gasteiger partial charge is 0.339 e. The fourth-order valence-corrected chi connectivity index (χ4v) is 4.37. The first-order valence-electron chi connectivity index (χ1n) is 10.6. The number of sulfonamides is 1. The number of aromatic nitrogens is 3. The predicted molar refractivity (Wildman–Crippen MR) is 124 cm³/mol. The van der Waals surface area contributed by atoms with Crippen LogP contribution in [0.25, 0.3) is 22.3 Å². The molecular weight excluding hydrogens is 460 g/mol. The maximum Gasteiger partial charge on any atom is 0.339 e. The minimum Gasteiger partial charge on any atom is -0.466 e. The van der Waals surface area contributed by atoms with E-state index >= 15 is 0 Å². The van der Waals surface area contributed by atoms with E-state index in [0.29, 0.717) is 22.5 Å². The average Bonchev–Trinajstić information content (AvgIpc) is 3.49. The zero-order valence-corrected chi connectivity index (χ0v) is 20.6. The van der Waals surface area contributed by atoms with E-state index in [2.05, 4.69) is 5.10 Å². The molecule has 4 aromatic rings. The van der Waals surface area contributed by atoms with Crippen molar-refractivity contribution in [2.45, 2.75) is 45.4 Å². The lowest BCUT2D eigenvalue weighted by Crippen LogP contribution is -2.21. The van der Waals surface area contributed by atoms with E-state index < -0.39 is 16.0 Å². The Hall–Kier alpha value is -3.44. The number of aryl methyl sites for hydroxylation is 2. The van der Waals surface area contributed by atoms with Gasteiger partial charge in [-0.1, -0.05) is 0 Å². The van der Waals surface area contributed by atoms with Crippen LogP contribution in [-0.2, 0) is 21.4 Å². The topological polar surface area (TPSA) is 121 Å². The summed E-state index contributed by atoms with van der Waals surface area (Å²) in [6, 6.07) is 6.34. The maximum absolute atomic E-state index is 13.1. The first kappa shape index (κ1) is 23.7. The monoisotopic (exact) mass is 486 g/mol. The van der Waals surface area contributed by atoms with E-state index in [1.807, 2.05) is 33.8 Å². The molecule has 0 aliphatic heterocycles. The Bertz CT molecular complexity index is 1480. The number of nitrogens with zero attached hydrogens (tertiary/aromatic N) is 4. The fraction of sp³-hybridized carbons (Fsp3) is 0.348. The Morgan fingerprint density at radius 1 is 1.18 bits per heavy atom. The van der Waals surface area contributed by atoms with Crippen molar-refractivity contribution in [2.24, 2.45) is 0 Å². The second kappa shape index (κ2) is 8.73. The zero-order valence-electron chi connectivity index (χ0n) is 19.8. The molecule has 0 saturated heterocycles. The van der Waals surface area contributed by atoms with Gasteiger partial charge in [0.2, 0.25) is 5.09 Å². The molecule has 0 aliphatic carbocycles. The van der Waals surface area contributed by atoms with Crippen LogP contribution in [0.1, 0.15) is 47.5 Å². The second-order valence-corrected chi connectivity index (χ2v) is 10.5. The van der Waals surface area contributed by atoms with Crippen LogP contribution in [0.5, 0.6) is 0 Å². The van der Waals surface area contributed by atoms with Crippen molar-refractivity contribution in [2.75, 3.05) is 14.1 Å². The second-order valence-electron chi connectivity index (χ2n) is 8.39. The average molecular weight is 487 g/mol. The third kappa shape index (κ3) is 4.24. The summed E-state index contributed by atoms with van der Waals surface area (Å²) in [6.45, 7) is 7.40. The third-order valence-electron chi connectivity index (χ3n) is 5.31. The molecule has 0 bridgehead atoms. The summed E-state index contributed by atoms with van der Waals surface area (Å²) in [5.41, 5.74) is 2.18. The summed E-state index contributed by atoms with van der Waals surface area (Å²) in [7, 11) is -0.907. The summed E-state index contributed by atoms with van der Waals surface area (Å²) in [5.74, 6) is 1.02. The largest absolute Gasteiger partial charge is 0.466 e. The molecule has 0 aromatic carbocycles. The number of esters is 1. The standard InChI is InChI=1S/C23H26N4O6S/c1-13(2)27-22-19(11-24-27)18(10-20(25-22)17-9-14(3)32-15(17)4)23(28)31-12-16-7-8-21(33-16)34(29,30)26(5)6/h7-11,13H,12H2,1-6H3. The van der Waals surface area contributed by atoms with Crippen molar-refractivity contribution in [1.29, 1.82) is 0 Å². The lowest BCUT2D eigenvalue weighted by atomic mass is 10.1. The van der Waals surface area contributed by atoms with E-state index in [0.717, 1.165) is 15.6 Å². The number of furan rings is 2. The van der Waals surface area contributed by atoms with Crippen molar-refractivity contribution < 1.29 is 26.8 Å². The van der Waals surface area contributed by atoms with Gasteiger partial charge in [-0.3, -0.25) is 0 Å². The van der Waals surface area contributed by atoms with Gasteiger partial charge in [-0.05, 0) is 52.0 Å². The Morgan fingerprint density at radius 2 is 1.91 bits per heavy atom. The summed E-state index contributed by atoms with van der Waals surface area (Å²) in [4.78, 5) is 17.9. The van der Waals surface area contributed by atoms with Gasteiger partial charge in [-0.25, -0.2) is 27.2 Å². The molecule has 0 unspecified atom stereocenters. The molecule has 10 nitrogen and oxygen atoms in total. The summed E-state index contributed by atoms with van der Waals surface area (Å²) >= 11 is 0. The number of ether oxygens (including phenoxy) is 1. The molecule has 180 valence electrons. The zero-order chi connectivity index (χ0) is 24.8. The molecule has 4 heterocycles. The molecule has 0 fully saturated rings. The van der Waals surface area contributed by atoms with Gasteiger partial charge in [-0.2, -0.15) is 5.10 Å². The Kier molecular flexibility index (Phi) is 6.09. The number of hydrogen-bond acceptors (Lipinski definition) is 8. The lowest BCUT2D eigenvalue weighted by Gasteiger charge is -2.10. The summed E-state index contributed by atoms with van der Waals surface area (Å²) in [5, 5.41) is 4.73. The highest BCUT2D eigenvalue weighted by Crippen LogP contribution is 2.30. The Balaban J connectivity index is 1.69. The van der Waals surface area contributed by atoms with E-state index in [1.165, 1.54) is 26.2 Å². The van der Waals surface area contributed by atoms with E-state index in [-0.39, 0.29) is 29.1 Å². The van der Waals surface area contributed by atoms with Crippen LogP contribution < -0.4 is 0 Å². The van der Waals surface area contributed by atoms with E-state index in [9.17, 15) is 13.2 Å². The fourth-order valence-electron chi connectivity index (χ4n) is 3.56. The quantitative estimate of drug-likeness (QED) is 0.358. The van der Waals surface area contributed by atoms with Gasteiger partial charge in [0.05, 0.1) is 22.8 Å². The van der Waals surface area contributed by atoms with Gasteiger partial charge >= 0.3 is 5.97 Å². The number of carbonyl (C=O) groups is 1. The minimum atomic E-state index is -3.72. The van der Waals surface area contributed by atoms with Crippen LogP contribution in [0.15, 0.2) is 44.4 Å². The molecule has 0 saturated carbocycles. The molecule has 0 atom stereocenters. The molecule has 34 heavy (non-hydrogen) atoms. The van der Waals surface area contributed by atoms with Crippen LogP contribution in [0, 0.1) is 13.8 Å². The molecule has 0 spiro atoms. The minimum absolute atomic E-state index is 0.0245. The number of pyridine rings is 1. The van der Waals surface area contributed by atoms with Crippen molar-refractivity contribution >= 4 is 27.0 Å². The van der Waals surface area contributed by atoms with E-state index in [1.54, 1.807) is 16.9 Å². The normalized spacial score (nSPS) is 12.2. The van der Waals surface area contributed by atoms with Crippen molar-refractivity contribution in [3.8, 4) is 11.3 Å². The molecule has 0 N–H and O–H groups in total. The van der Waals surface area contributed by atoms with Crippen LogP contribution in [-0.4, -0.2) is 47.6 Å². The van der Waals surface area contributed by atoms with Gasteiger partial charge in [0.1, 0.15) is 23.9 Å². The summed E-state index contributed by atoms with van der Waals surface area (Å²) < 4.78 is 43.7. The number of carbonyl (C=O) groups excluding carboxylic acids is 1. The van der Waals surface area contributed by atoms with Crippen LogP contribution in [0.3, 0.4) is 0 Å². The third-order valence-corrected chi connectivity index (χ3v) is 7.00. The maximum atomic E-state index is 13.1. The first-order valence-corrected chi connectivity index (χ1v) is 12.1. The van der Waals surface area contributed by atoms with Gasteiger partial charge in [0, 0.05) is 25.7 Å². The predicted octanol–water partition coefficient (Wildman–Crippen LogP) is 4.09. The number of hydrogen-bond donors (Lipinski definition) is 0. The van der Waals surface area contributed by atoms with Gasteiger partial charge in [0.15, 0.2) is 5.65 Å². The SMILES string of the molecule is Cc1cc(-c2cc(C(=O)OCc3ccc(S(=O)(=O)N(C)C)o3)c3cnn(C(C)C)c3n2)c(C)o1. The molecule has 0 radical (unpaired) electrons. The van der Waals surface area contributed by atoms with Crippen LogP contribution in [0.2, 0.25) is 0 Å². The lowest BCUT2D eigenvalue weighted by molar-refractivity contribution is 0.0443. The molecule has 0 amide bonds. The van der Waals surface area contributed by atoms with Gasteiger partial charge in [0.25, 0.3) is 10.0 Å². The van der Waals surface area contributed by atoms with Gasteiger partial charge in [-0.15, -0.1) is 0 Å². The van der Waals surface area contributed by atoms with Crippen LogP contribution in [0.4, 0.5) is 0 Å². The van der Waals surface area contributed by atoms with E-state index in [4.69, 9.17) is 18.6 Å². The molecular formula is C23H26N4O6S. The van der Waals surface area contributed by atoms with Crippen LogP contribution >= 0.6 is 0 Å². The number of fused-ring (bicyclic) bond motifs is 1. The van der Waals surface area contributed by atoms with Crippen molar-refractivity contribution in [3.63, 3.8) is 0 Å². The number of rotatable bonds is 7. The Labute approximate surface area is 197 Å². The molecule has 11 heteroatoms. The highest BCUT2D eigenvalue weighted by molar-refractivity contribution is 7.88. The molecule has 0 aliphatic rings. The molecule has 4 aromatic heterocycles. The Morgan fingerprint density at radius 3 is 2.53 bits per heavy atom.